The number of hydrogen-bond donors (Lipinski definition) is 1. The molecule has 1 aromatic heterocycles. The molecule has 1 aliphatic rings. The Labute approximate surface area is 109 Å². The molecule has 1 fully saturated rings. The zero-order valence-electron chi connectivity index (χ0n) is 11.8. The number of hydrogen-bond acceptors (Lipinski definition) is 5. The first-order chi connectivity index (χ1) is 8.58. The molecule has 0 amide bonds. The maximum Gasteiger partial charge on any atom is 0.245 e. The van der Waals surface area contributed by atoms with Crippen molar-refractivity contribution in [3.63, 3.8) is 0 Å². The lowest BCUT2D eigenvalue weighted by atomic mass is 10.2. The fourth-order valence-electron chi connectivity index (χ4n) is 2.25. The van der Waals surface area contributed by atoms with E-state index in [4.69, 9.17) is 0 Å². The van der Waals surface area contributed by atoms with Crippen molar-refractivity contribution >= 4 is 5.95 Å². The van der Waals surface area contributed by atoms with Crippen LogP contribution in [0.3, 0.4) is 0 Å². The summed E-state index contributed by atoms with van der Waals surface area (Å²) in [7, 11) is 0. The van der Waals surface area contributed by atoms with Crippen molar-refractivity contribution in [3.8, 4) is 0 Å². The highest BCUT2D eigenvalue weighted by Gasteiger charge is 2.27. The largest absolute Gasteiger partial charge is 0.335 e. The van der Waals surface area contributed by atoms with Gasteiger partial charge in [-0.25, -0.2) is 4.98 Å². The summed E-state index contributed by atoms with van der Waals surface area (Å²) in [4.78, 5) is 6.84. The second-order valence-corrected chi connectivity index (χ2v) is 5.34. The van der Waals surface area contributed by atoms with Crippen LogP contribution in [0.2, 0.25) is 0 Å². The monoisotopic (exact) mass is 249 g/mol. The molecule has 0 saturated carbocycles. The molecule has 18 heavy (non-hydrogen) atoms. The number of aryl methyl sites for hydroxylation is 2. The summed E-state index contributed by atoms with van der Waals surface area (Å²) in [5.41, 5.74) is 1.89. The molecule has 0 radical (unpaired) electrons. The van der Waals surface area contributed by atoms with Crippen molar-refractivity contribution in [2.75, 3.05) is 18.0 Å². The highest BCUT2D eigenvalue weighted by molar-refractivity contribution is 5.33. The van der Waals surface area contributed by atoms with Gasteiger partial charge in [-0.2, -0.15) is 5.10 Å². The highest BCUT2D eigenvalue weighted by Crippen LogP contribution is 2.21. The number of nitrogens with one attached hydrogen (secondary N) is 1. The maximum absolute atomic E-state index is 4.56. The Balaban J connectivity index is 2.08. The van der Waals surface area contributed by atoms with Gasteiger partial charge in [0, 0.05) is 25.2 Å². The van der Waals surface area contributed by atoms with E-state index in [1.807, 2.05) is 13.8 Å². The summed E-state index contributed by atoms with van der Waals surface area (Å²) in [5.74, 6) is 0.783. The Bertz CT molecular complexity index is 404. The first-order valence-electron chi connectivity index (χ1n) is 6.76. The predicted molar refractivity (Wildman–Crippen MR) is 72.8 cm³/mol. The van der Waals surface area contributed by atoms with Crippen LogP contribution >= 0.6 is 0 Å². The molecule has 100 valence electrons. The van der Waals surface area contributed by atoms with Crippen molar-refractivity contribution in [2.45, 2.75) is 52.6 Å². The molecule has 0 aromatic carbocycles. The molecular weight excluding hydrogens is 226 g/mol. The fourth-order valence-corrected chi connectivity index (χ4v) is 2.25. The smallest absolute Gasteiger partial charge is 0.245 e. The predicted octanol–water partition coefficient (Wildman–Crippen LogP) is 1.46. The lowest BCUT2D eigenvalue weighted by molar-refractivity contribution is 0.519. The molecular formula is C13H23N5. The number of aromatic nitrogens is 3. The van der Waals surface area contributed by atoms with Crippen LogP contribution in [0.4, 0.5) is 5.95 Å². The first-order valence-corrected chi connectivity index (χ1v) is 6.76. The van der Waals surface area contributed by atoms with Gasteiger partial charge in [0.15, 0.2) is 0 Å². The molecule has 2 heterocycles. The summed E-state index contributed by atoms with van der Waals surface area (Å²) in [6.07, 6.45) is 2.41. The maximum atomic E-state index is 4.56. The average Bonchev–Trinajstić information content (AvgIpc) is 2.78. The lowest BCUT2D eigenvalue weighted by Crippen LogP contribution is -2.41. The summed E-state index contributed by atoms with van der Waals surface area (Å²) in [6, 6.07) is 1.02. The van der Waals surface area contributed by atoms with E-state index in [9.17, 15) is 0 Å². The average molecular weight is 249 g/mol. The summed E-state index contributed by atoms with van der Waals surface area (Å²) < 4.78 is 0. The van der Waals surface area contributed by atoms with Crippen molar-refractivity contribution in [3.05, 3.63) is 11.4 Å². The molecule has 1 aromatic rings. The Hall–Kier alpha value is -1.23. The minimum Gasteiger partial charge on any atom is -0.335 e. The van der Waals surface area contributed by atoms with Crippen molar-refractivity contribution in [2.24, 2.45) is 0 Å². The van der Waals surface area contributed by atoms with E-state index in [2.05, 4.69) is 39.2 Å². The van der Waals surface area contributed by atoms with Crippen LogP contribution in [0.5, 0.6) is 0 Å². The third-order valence-corrected chi connectivity index (χ3v) is 3.48. The topological polar surface area (TPSA) is 53.9 Å². The Morgan fingerprint density at radius 2 is 2.06 bits per heavy atom. The summed E-state index contributed by atoms with van der Waals surface area (Å²) in [5, 5.41) is 11.9. The highest BCUT2D eigenvalue weighted by atomic mass is 15.3. The zero-order valence-corrected chi connectivity index (χ0v) is 11.8. The van der Waals surface area contributed by atoms with Gasteiger partial charge in [0.2, 0.25) is 5.95 Å². The number of rotatable bonds is 4. The van der Waals surface area contributed by atoms with Gasteiger partial charge in [-0.3, -0.25) is 0 Å². The molecule has 5 heteroatoms. The summed E-state index contributed by atoms with van der Waals surface area (Å²) >= 11 is 0. The van der Waals surface area contributed by atoms with Crippen molar-refractivity contribution in [1.82, 2.24) is 20.5 Å². The van der Waals surface area contributed by atoms with Gasteiger partial charge in [-0.15, -0.1) is 5.10 Å². The van der Waals surface area contributed by atoms with Gasteiger partial charge in [0.25, 0.3) is 0 Å². The molecule has 0 spiro atoms. The second kappa shape index (κ2) is 5.61. The van der Waals surface area contributed by atoms with Crippen LogP contribution in [-0.2, 0) is 0 Å². The van der Waals surface area contributed by atoms with E-state index in [0.29, 0.717) is 12.1 Å². The van der Waals surface area contributed by atoms with Crippen LogP contribution < -0.4 is 10.2 Å². The molecule has 0 aliphatic carbocycles. The van der Waals surface area contributed by atoms with Crippen LogP contribution in [0, 0.1) is 13.8 Å². The molecule has 1 aliphatic heterocycles. The lowest BCUT2D eigenvalue weighted by Gasteiger charge is -2.25. The molecule has 2 rings (SSSR count). The van der Waals surface area contributed by atoms with Gasteiger partial charge in [0.1, 0.15) is 0 Å². The Morgan fingerprint density at radius 1 is 1.28 bits per heavy atom. The fraction of sp³-hybridized carbons (Fsp3) is 0.769. The van der Waals surface area contributed by atoms with Crippen LogP contribution in [0.25, 0.3) is 0 Å². The molecule has 1 saturated heterocycles. The van der Waals surface area contributed by atoms with E-state index >= 15 is 0 Å². The van der Waals surface area contributed by atoms with E-state index < -0.39 is 0 Å². The molecule has 0 bridgehead atoms. The van der Waals surface area contributed by atoms with Crippen LogP contribution in [0.15, 0.2) is 0 Å². The van der Waals surface area contributed by atoms with Crippen LogP contribution in [0.1, 0.15) is 38.1 Å². The molecule has 1 atom stereocenters. The van der Waals surface area contributed by atoms with Gasteiger partial charge < -0.3 is 10.2 Å². The minimum atomic E-state index is 0.497. The van der Waals surface area contributed by atoms with Crippen molar-refractivity contribution < 1.29 is 0 Å². The third-order valence-electron chi connectivity index (χ3n) is 3.48. The Morgan fingerprint density at radius 3 is 2.72 bits per heavy atom. The quantitative estimate of drug-likeness (QED) is 0.875. The SMILES string of the molecule is Cc1nnc(N2CCCC2CNC(C)C)nc1C. The van der Waals surface area contributed by atoms with E-state index in [1.54, 1.807) is 0 Å². The van der Waals surface area contributed by atoms with E-state index in [0.717, 1.165) is 30.4 Å². The van der Waals surface area contributed by atoms with Gasteiger partial charge in [-0.05, 0) is 26.7 Å². The number of anilines is 1. The molecule has 1 N–H and O–H groups in total. The second-order valence-electron chi connectivity index (χ2n) is 5.34. The van der Waals surface area contributed by atoms with Gasteiger partial charge in [-0.1, -0.05) is 13.8 Å². The van der Waals surface area contributed by atoms with E-state index in [-0.39, 0.29) is 0 Å². The zero-order chi connectivity index (χ0) is 13.1. The standard InChI is InChI=1S/C13H23N5/c1-9(2)14-8-12-6-5-7-18(12)13-15-10(3)11(4)16-17-13/h9,12,14H,5-8H2,1-4H3. The molecule has 5 nitrogen and oxygen atoms in total. The van der Waals surface area contributed by atoms with Gasteiger partial charge >= 0.3 is 0 Å². The molecule has 1 unspecified atom stereocenters. The van der Waals surface area contributed by atoms with Gasteiger partial charge in [0.05, 0.1) is 11.4 Å². The first kappa shape index (κ1) is 13.2. The van der Waals surface area contributed by atoms with Crippen LogP contribution in [-0.4, -0.2) is 40.4 Å². The number of nitrogens with zero attached hydrogens (tertiary/aromatic N) is 4. The van der Waals surface area contributed by atoms with Crippen molar-refractivity contribution in [1.29, 1.82) is 0 Å². The normalized spacial score (nSPS) is 19.8. The minimum absolute atomic E-state index is 0.497. The Kier molecular flexibility index (Phi) is 4.11. The summed E-state index contributed by atoms with van der Waals surface area (Å²) in [6.45, 7) is 10.3. The van der Waals surface area contributed by atoms with E-state index in [1.165, 1.54) is 12.8 Å². The third kappa shape index (κ3) is 2.96.